The van der Waals surface area contributed by atoms with E-state index in [0.29, 0.717) is 12.3 Å². The molecule has 0 aromatic carbocycles. The molecule has 0 atom stereocenters. The van der Waals surface area contributed by atoms with E-state index in [4.69, 9.17) is 4.74 Å². The lowest BCUT2D eigenvalue weighted by Crippen LogP contribution is -2.30. The minimum absolute atomic E-state index is 0.0850. The van der Waals surface area contributed by atoms with Gasteiger partial charge in [-0.3, -0.25) is 14.4 Å². The van der Waals surface area contributed by atoms with Crippen molar-refractivity contribution < 1.29 is 14.3 Å². The summed E-state index contributed by atoms with van der Waals surface area (Å²) in [6, 6.07) is 1.22. The molecule has 19 heavy (non-hydrogen) atoms. The second kappa shape index (κ2) is 4.50. The standard InChI is InChI=1S/C14H15NO4/c1-5-19-14-7(2)12(17)9-6-10(16)15(4)8(3)11(9)13(14)18/h6H,5H2,1-4H3. The molecule has 1 aromatic heterocycles. The van der Waals surface area contributed by atoms with Gasteiger partial charge in [0.15, 0.2) is 11.5 Å². The fourth-order valence-electron chi connectivity index (χ4n) is 2.19. The number of carbonyl (C=O) groups excluding carboxylic acids is 2. The summed E-state index contributed by atoms with van der Waals surface area (Å²) in [6.07, 6.45) is 0. The van der Waals surface area contributed by atoms with Crippen LogP contribution in [0, 0.1) is 6.92 Å². The van der Waals surface area contributed by atoms with Gasteiger partial charge in [-0.2, -0.15) is 0 Å². The Labute approximate surface area is 110 Å². The molecule has 0 fully saturated rings. The minimum Gasteiger partial charge on any atom is -0.489 e. The molecule has 100 valence electrons. The molecular weight excluding hydrogens is 246 g/mol. The first kappa shape index (κ1) is 13.3. The first-order chi connectivity index (χ1) is 8.90. The highest BCUT2D eigenvalue weighted by molar-refractivity contribution is 6.26. The molecule has 0 saturated heterocycles. The third-order valence-electron chi connectivity index (χ3n) is 3.38. The van der Waals surface area contributed by atoms with Crippen LogP contribution in [0.2, 0.25) is 0 Å². The number of rotatable bonds is 2. The van der Waals surface area contributed by atoms with Crippen LogP contribution in [-0.4, -0.2) is 22.7 Å². The molecule has 0 spiro atoms. The maximum atomic E-state index is 12.4. The molecule has 0 N–H and O–H groups in total. The molecule has 5 nitrogen and oxygen atoms in total. The number of pyridine rings is 1. The van der Waals surface area contributed by atoms with Crippen molar-refractivity contribution in [2.24, 2.45) is 7.05 Å². The Morgan fingerprint density at radius 3 is 2.37 bits per heavy atom. The molecule has 0 unspecified atom stereocenters. The normalized spacial score (nSPS) is 14.7. The van der Waals surface area contributed by atoms with Crippen molar-refractivity contribution in [3.05, 3.63) is 44.6 Å². The zero-order valence-corrected chi connectivity index (χ0v) is 11.4. The molecule has 0 saturated carbocycles. The van der Waals surface area contributed by atoms with Crippen LogP contribution in [0.5, 0.6) is 0 Å². The molecule has 0 radical (unpaired) electrons. The van der Waals surface area contributed by atoms with E-state index in [0.717, 1.165) is 0 Å². The second-order valence-electron chi connectivity index (χ2n) is 4.46. The van der Waals surface area contributed by atoms with E-state index in [2.05, 4.69) is 0 Å². The lowest BCUT2D eigenvalue weighted by atomic mass is 9.88. The summed E-state index contributed by atoms with van der Waals surface area (Å²) >= 11 is 0. The molecule has 0 amide bonds. The van der Waals surface area contributed by atoms with E-state index in [-0.39, 0.29) is 39.6 Å². The number of Topliss-reactive ketones (excluding diaryl/α,β-unsaturated/α-hetero) is 2. The maximum Gasteiger partial charge on any atom is 0.251 e. The zero-order chi connectivity index (χ0) is 14.3. The zero-order valence-electron chi connectivity index (χ0n) is 11.4. The summed E-state index contributed by atoms with van der Waals surface area (Å²) in [5, 5.41) is 0. The first-order valence-electron chi connectivity index (χ1n) is 6.03. The Bertz CT molecular complexity index is 679. The highest BCUT2D eigenvalue weighted by Crippen LogP contribution is 2.27. The van der Waals surface area contributed by atoms with Crippen LogP contribution in [0.25, 0.3) is 0 Å². The highest BCUT2D eigenvalue weighted by atomic mass is 16.5. The lowest BCUT2D eigenvalue weighted by molar-refractivity contribution is 0.0879. The van der Waals surface area contributed by atoms with Gasteiger partial charge in [0.05, 0.1) is 12.2 Å². The number of aromatic nitrogens is 1. The van der Waals surface area contributed by atoms with E-state index in [1.807, 2.05) is 0 Å². The summed E-state index contributed by atoms with van der Waals surface area (Å²) in [6.45, 7) is 5.25. The quantitative estimate of drug-likeness (QED) is 0.806. The van der Waals surface area contributed by atoms with Crippen LogP contribution in [0.4, 0.5) is 0 Å². The number of fused-ring (bicyclic) bond motifs is 1. The van der Waals surface area contributed by atoms with Crippen LogP contribution in [0.15, 0.2) is 22.2 Å². The summed E-state index contributed by atoms with van der Waals surface area (Å²) in [5.41, 5.74) is 0.871. The number of hydrogen-bond acceptors (Lipinski definition) is 4. The summed E-state index contributed by atoms with van der Waals surface area (Å²) in [4.78, 5) is 36.4. The molecule has 1 aliphatic rings. The molecule has 2 rings (SSSR count). The predicted molar refractivity (Wildman–Crippen MR) is 69.4 cm³/mol. The second-order valence-corrected chi connectivity index (χ2v) is 4.46. The average Bonchev–Trinajstić information content (AvgIpc) is 2.38. The molecule has 0 aliphatic heterocycles. The molecule has 1 heterocycles. The van der Waals surface area contributed by atoms with Gasteiger partial charge in [-0.25, -0.2) is 0 Å². The van der Waals surface area contributed by atoms with Crippen molar-refractivity contribution in [2.45, 2.75) is 20.8 Å². The van der Waals surface area contributed by atoms with Gasteiger partial charge < -0.3 is 9.30 Å². The Morgan fingerprint density at radius 2 is 1.79 bits per heavy atom. The van der Waals surface area contributed by atoms with E-state index in [9.17, 15) is 14.4 Å². The van der Waals surface area contributed by atoms with E-state index >= 15 is 0 Å². The van der Waals surface area contributed by atoms with Crippen molar-refractivity contribution in [3.8, 4) is 0 Å². The van der Waals surface area contributed by atoms with Crippen LogP contribution in [-0.2, 0) is 11.8 Å². The van der Waals surface area contributed by atoms with E-state index < -0.39 is 0 Å². The van der Waals surface area contributed by atoms with Gasteiger partial charge in [-0.15, -0.1) is 0 Å². The van der Waals surface area contributed by atoms with Crippen molar-refractivity contribution in [1.29, 1.82) is 0 Å². The van der Waals surface area contributed by atoms with Crippen molar-refractivity contribution in [1.82, 2.24) is 4.57 Å². The van der Waals surface area contributed by atoms with Crippen molar-refractivity contribution in [3.63, 3.8) is 0 Å². The van der Waals surface area contributed by atoms with Crippen LogP contribution < -0.4 is 5.56 Å². The summed E-state index contributed by atoms with van der Waals surface area (Å²) in [5.74, 6) is -0.567. The maximum absolute atomic E-state index is 12.4. The fourth-order valence-corrected chi connectivity index (χ4v) is 2.19. The van der Waals surface area contributed by atoms with Gasteiger partial charge >= 0.3 is 0 Å². The lowest BCUT2D eigenvalue weighted by Gasteiger charge is -2.21. The smallest absolute Gasteiger partial charge is 0.251 e. The Kier molecular flexibility index (Phi) is 3.14. The average molecular weight is 261 g/mol. The molecule has 0 bridgehead atoms. The Morgan fingerprint density at radius 1 is 1.16 bits per heavy atom. The number of ether oxygens (including phenoxy) is 1. The SMILES string of the molecule is CCOC1=C(C)C(=O)c2cc(=O)n(C)c(C)c2C1=O. The van der Waals surface area contributed by atoms with Gasteiger partial charge in [0.1, 0.15) is 0 Å². The number of ketones is 2. The van der Waals surface area contributed by atoms with Crippen LogP contribution in [0.1, 0.15) is 40.3 Å². The van der Waals surface area contributed by atoms with Crippen molar-refractivity contribution in [2.75, 3.05) is 6.61 Å². The minimum atomic E-state index is -0.331. The first-order valence-corrected chi connectivity index (χ1v) is 6.03. The largest absolute Gasteiger partial charge is 0.489 e. The van der Waals surface area contributed by atoms with E-state index in [1.54, 1.807) is 27.8 Å². The van der Waals surface area contributed by atoms with E-state index in [1.165, 1.54) is 10.6 Å². The topological polar surface area (TPSA) is 65.4 Å². The third-order valence-corrected chi connectivity index (χ3v) is 3.38. The fraction of sp³-hybridized carbons (Fsp3) is 0.357. The molecule has 5 heteroatoms. The molecular formula is C14H15NO4. The Hall–Kier alpha value is -2.17. The number of hydrogen-bond donors (Lipinski definition) is 0. The van der Waals surface area contributed by atoms with Gasteiger partial charge in [0.2, 0.25) is 5.78 Å². The molecule has 1 aliphatic carbocycles. The number of allylic oxidation sites excluding steroid dienone is 2. The molecule has 1 aromatic rings. The number of carbonyl (C=O) groups is 2. The van der Waals surface area contributed by atoms with Gasteiger partial charge in [0.25, 0.3) is 5.56 Å². The summed E-state index contributed by atoms with van der Waals surface area (Å²) in [7, 11) is 1.57. The monoisotopic (exact) mass is 261 g/mol. The van der Waals surface area contributed by atoms with Crippen molar-refractivity contribution >= 4 is 11.6 Å². The Balaban J connectivity index is 2.78. The third kappa shape index (κ3) is 1.82. The van der Waals surface area contributed by atoms with Crippen LogP contribution >= 0.6 is 0 Å². The number of nitrogens with zero attached hydrogens (tertiary/aromatic N) is 1. The van der Waals surface area contributed by atoms with Gasteiger partial charge in [-0.05, 0) is 20.8 Å². The highest BCUT2D eigenvalue weighted by Gasteiger charge is 2.33. The van der Waals surface area contributed by atoms with Gasteiger partial charge in [-0.1, -0.05) is 0 Å². The van der Waals surface area contributed by atoms with Crippen LogP contribution in [0.3, 0.4) is 0 Å². The van der Waals surface area contributed by atoms with Gasteiger partial charge in [0, 0.05) is 29.9 Å². The predicted octanol–water partition coefficient (Wildman–Crippen LogP) is 1.38. The summed E-state index contributed by atoms with van der Waals surface area (Å²) < 4.78 is 6.64.